The fraction of sp³-hybridized carbons (Fsp3) is 0.571. The molecule has 6 nitrogen and oxygen atoms in total. The highest BCUT2D eigenvalue weighted by molar-refractivity contribution is 5.49. The average molecular weight is 285 g/mol. The van der Waals surface area contributed by atoms with Gasteiger partial charge in [-0.2, -0.15) is 0 Å². The molecule has 20 heavy (non-hydrogen) atoms. The first-order chi connectivity index (χ1) is 9.58. The van der Waals surface area contributed by atoms with E-state index in [1.54, 1.807) is 19.2 Å². The monoisotopic (exact) mass is 285 g/mol. The van der Waals surface area contributed by atoms with Gasteiger partial charge in [-0.05, 0) is 37.7 Å². The van der Waals surface area contributed by atoms with Gasteiger partial charge in [0.05, 0.1) is 32.5 Å². The summed E-state index contributed by atoms with van der Waals surface area (Å²) in [6, 6.07) is 3.23. The van der Waals surface area contributed by atoms with Gasteiger partial charge < -0.3 is 30.1 Å². The first-order valence-electron chi connectivity index (χ1n) is 6.45. The van der Waals surface area contributed by atoms with Crippen LogP contribution in [-0.2, 0) is 6.61 Å². The smallest absolute Gasteiger partial charge is 0.128 e. The van der Waals surface area contributed by atoms with Crippen molar-refractivity contribution in [1.82, 2.24) is 5.32 Å². The Morgan fingerprint density at radius 3 is 2.10 bits per heavy atom. The zero-order valence-corrected chi connectivity index (χ0v) is 12.1. The van der Waals surface area contributed by atoms with Crippen molar-refractivity contribution in [1.29, 1.82) is 0 Å². The highest BCUT2D eigenvalue weighted by atomic mass is 16.5. The van der Waals surface area contributed by atoms with Gasteiger partial charge in [0.2, 0.25) is 0 Å². The highest BCUT2D eigenvalue weighted by Crippen LogP contribution is 2.37. The second-order valence-electron chi connectivity index (χ2n) is 4.48. The molecule has 2 unspecified atom stereocenters. The number of nitrogens with one attached hydrogen (secondary N) is 1. The molecule has 0 spiro atoms. The van der Waals surface area contributed by atoms with Gasteiger partial charge >= 0.3 is 0 Å². The topological polar surface area (TPSA) is 91.2 Å². The lowest BCUT2D eigenvalue weighted by molar-refractivity contribution is 0.0113. The van der Waals surface area contributed by atoms with Crippen molar-refractivity contribution in [2.75, 3.05) is 27.8 Å². The quantitative estimate of drug-likeness (QED) is 0.545. The first kappa shape index (κ1) is 16.7. The molecule has 0 aliphatic rings. The molecule has 114 valence electrons. The molecule has 0 saturated carbocycles. The lowest BCUT2D eigenvalue weighted by Crippen LogP contribution is -2.24. The van der Waals surface area contributed by atoms with Gasteiger partial charge in [-0.3, -0.25) is 0 Å². The summed E-state index contributed by atoms with van der Waals surface area (Å²) in [6.45, 7) is 0.420. The lowest BCUT2D eigenvalue weighted by Gasteiger charge is -2.23. The normalized spacial score (nSPS) is 13.9. The van der Waals surface area contributed by atoms with E-state index in [9.17, 15) is 15.3 Å². The Morgan fingerprint density at radius 1 is 1.15 bits per heavy atom. The fourth-order valence-electron chi connectivity index (χ4n) is 2.02. The third-order valence-corrected chi connectivity index (χ3v) is 3.14. The molecule has 0 aromatic heterocycles. The largest absolute Gasteiger partial charge is 0.496 e. The van der Waals surface area contributed by atoms with Crippen LogP contribution in [-0.4, -0.2) is 49.2 Å². The summed E-state index contributed by atoms with van der Waals surface area (Å²) in [5, 5.41) is 32.4. The molecule has 0 fully saturated rings. The molecule has 6 heteroatoms. The van der Waals surface area contributed by atoms with Gasteiger partial charge in [0, 0.05) is 0 Å². The van der Waals surface area contributed by atoms with Crippen molar-refractivity contribution < 1.29 is 24.8 Å². The number of aliphatic hydroxyl groups excluding tert-OH is 3. The molecule has 0 bridgehead atoms. The molecule has 0 amide bonds. The minimum absolute atomic E-state index is 0.161. The predicted octanol–water partition coefficient (Wildman–Crippen LogP) is 0.200. The maximum atomic E-state index is 10.3. The molecule has 4 N–H and O–H groups in total. The zero-order chi connectivity index (χ0) is 15.1. The van der Waals surface area contributed by atoms with Crippen LogP contribution in [0.1, 0.15) is 23.7 Å². The number of hydrogen-bond acceptors (Lipinski definition) is 6. The predicted molar refractivity (Wildman–Crippen MR) is 75.0 cm³/mol. The van der Waals surface area contributed by atoms with E-state index in [4.69, 9.17) is 9.47 Å². The Kier molecular flexibility index (Phi) is 6.74. The summed E-state index contributed by atoms with van der Waals surface area (Å²) in [7, 11) is 4.70. The van der Waals surface area contributed by atoms with E-state index in [-0.39, 0.29) is 6.61 Å². The Labute approximate surface area is 119 Å². The van der Waals surface area contributed by atoms with E-state index in [0.29, 0.717) is 35.6 Å². The Bertz CT molecular complexity index is 399. The van der Waals surface area contributed by atoms with Crippen LogP contribution in [0, 0.1) is 0 Å². The minimum Gasteiger partial charge on any atom is -0.496 e. The molecule has 0 heterocycles. The van der Waals surface area contributed by atoms with Crippen molar-refractivity contribution in [2.24, 2.45) is 0 Å². The maximum absolute atomic E-state index is 10.3. The van der Waals surface area contributed by atoms with Gasteiger partial charge in [-0.15, -0.1) is 0 Å². The third kappa shape index (κ3) is 3.83. The number of benzene rings is 1. The van der Waals surface area contributed by atoms with Crippen LogP contribution in [0.15, 0.2) is 12.1 Å². The van der Waals surface area contributed by atoms with E-state index >= 15 is 0 Å². The van der Waals surface area contributed by atoms with Gasteiger partial charge in [0.25, 0.3) is 0 Å². The van der Waals surface area contributed by atoms with Crippen LogP contribution in [0.5, 0.6) is 11.5 Å². The van der Waals surface area contributed by atoms with E-state index in [1.807, 2.05) is 0 Å². The van der Waals surface area contributed by atoms with Crippen molar-refractivity contribution in [3.63, 3.8) is 0 Å². The number of aliphatic hydroxyl groups is 3. The average Bonchev–Trinajstić information content (AvgIpc) is 2.50. The molecule has 1 aromatic rings. The third-order valence-electron chi connectivity index (χ3n) is 3.14. The Balaban J connectivity index is 3.13. The minimum atomic E-state index is -1.12. The van der Waals surface area contributed by atoms with E-state index < -0.39 is 12.2 Å². The molecule has 1 aromatic carbocycles. The number of ether oxygens (including phenoxy) is 2. The summed E-state index contributed by atoms with van der Waals surface area (Å²) < 4.78 is 10.5. The summed E-state index contributed by atoms with van der Waals surface area (Å²) >= 11 is 0. The van der Waals surface area contributed by atoms with Gasteiger partial charge in [0.1, 0.15) is 17.6 Å². The van der Waals surface area contributed by atoms with Crippen molar-refractivity contribution in [3.05, 3.63) is 23.3 Å². The molecule has 0 aliphatic carbocycles. The van der Waals surface area contributed by atoms with Crippen LogP contribution in [0.25, 0.3) is 0 Å². The van der Waals surface area contributed by atoms with E-state index in [0.717, 1.165) is 0 Å². The zero-order valence-electron chi connectivity index (χ0n) is 12.1. The highest BCUT2D eigenvalue weighted by Gasteiger charge is 2.26. The SMILES string of the molecule is CNCCC(O)C(O)c1c(OC)cc(CO)cc1OC. The molecule has 0 saturated heterocycles. The molecular weight excluding hydrogens is 262 g/mol. The van der Waals surface area contributed by atoms with Crippen molar-refractivity contribution in [3.8, 4) is 11.5 Å². The van der Waals surface area contributed by atoms with Gasteiger partial charge in [0.15, 0.2) is 0 Å². The number of hydrogen-bond donors (Lipinski definition) is 4. The van der Waals surface area contributed by atoms with E-state index in [1.165, 1.54) is 14.2 Å². The molecular formula is C14H23NO5. The van der Waals surface area contributed by atoms with Crippen molar-refractivity contribution in [2.45, 2.75) is 25.2 Å². The van der Waals surface area contributed by atoms with Crippen molar-refractivity contribution >= 4 is 0 Å². The van der Waals surface area contributed by atoms with E-state index in [2.05, 4.69) is 5.32 Å². The lowest BCUT2D eigenvalue weighted by atomic mass is 9.98. The van der Waals surface area contributed by atoms with Crippen LogP contribution < -0.4 is 14.8 Å². The van der Waals surface area contributed by atoms with Crippen LogP contribution >= 0.6 is 0 Å². The summed E-state index contributed by atoms with van der Waals surface area (Å²) in [5.41, 5.74) is 0.996. The first-order valence-corrected chi connectivity index (χ1v) is 6.45. The molecule has 2 atom stereocenters. The Morgan fingerprint density at radius 2 is 1.70 bits per heavy atom. The van der Waals surface area contributed by atoms with Crippen LogP contribution in [0.3, 0.4) is 0 Å². The molecule has 0 radical (unpaired) electrons. The fourth-order valence-corrected chi connectivity index (χ4v) is 2.02. The molecule has 1 rings (SSSR count). The van der Waals surface area contributed by atoms with Crippen LogP contribution in [0.2, 0.25) is 0 Å². The summed E-state index contributed by atoms with van der Waals surface area (Å²) in [6.07, 6.45) is -1.67. The molecule has 0 aliphatic heterocycles. The van der Waals surface area contributed by atoms with Gasteiger partial charge in [-0.1, -0.05) is 0 Å². The number of methoxy groups -OCH3 is 2. The van der Waals surface area contributed by atoms with Crippen LogP contribution in [0.4, 0.5) is 0 Å². The second kappa shape index (κ2) is 8.06. The second-order valence-corrected chi connectivity index (χ2v) is 4.48. The number of rotatable bonds is 8. The van der Waals surface area contributed by atoms with Gasteiger partial charge in [-0.25, -0.2) is 0 Å². The maximum Gasteiger partial charge on any atom is 0.128 e. The summed E-state index contributed by atoms with van der Waals surface area (Å²) in [4.78, 5) is 0. The Hall–Kier alpha value is -1.34. The summed E-state index contributed by atoms with van der Waals surface area (Å²) in [5.74, 6) is 0.758. The standard InChI is InChI=1S/C14H23NO5/c1-15-5-4-10(17)14(18)13-11(19-2)6-9(8-16)7-12(13)20-3/h6-7,10,14-18H,4-5,8H2,1-3H3.